The SMILES string of the molecule is CCOC(=O)C1(c2ccc(-c3ccc(-c4onc(C)c4C(O)c4cn(Cc5ccc(Cl)cc5)nn4)cc3)cc2)CC1. The highest BCUT2D eigenvalue weighted by atomic mass is 35.5. The molecule has 1 aliphatic rings. The molecule has 0 spiro atoms. The number of aliphatic hydroxyl groups is 1. The lowest BCUT2D eigenvalue weighted by Crippen LogP contribution is -2.23. The highest BCUT2D eigenvalue weighted by Crippen LogP contribution is 2.49. The summed E-state index contributed by atoms with van der Waals surface area (Å²) < 4.78 is 12.6. The third kappa shape index (κ3) is 5.28. The number of aryl methyl sites for hydroxylation is 1. The first-order chi connectivity index (χ1) is 19.9. The molecule has 1 fully saturated rings. The number of benzene rings is 3. The average Bonchev–Trinajstić information content (AvgIpc) is 3.53. The lowest BCUT2D eigenvalue weighted by atomic mass is 9.93. The van der Waals surface area contributed by atoms with E-state index in [1.54, 1.807) is 17.8 Å². The summed E-state index contributed by atoms with van der Waals surface area (Å²) in [4.78, 5) is 12.4. The maximum absolute atomic E-state index is 12.4. The van der Waals surface area contributed by atoms with E-state index in [1.165, 1.54) is 0 Å². The third-order valence-electron chi connectivity index (χ3n) is 7.61. The van der Waals surface area contributed by atoms with Crippen LogP contribution in [-0.2, 0) is 21.5 Å². The third-order valence-corrected chi connectivity index (χ3v) is 7.86. The van der Waals surface area contributed by atoms with Crippen LogP contribution in [0, 0.1) is 6.92 Å². The van der Waals surface area contributed by atoms with Crippen molar-refractivity contribution in [2.75, 3.05) is 6.61 Å². The van der Waals surface area contributed by atoms with Crippen molar-refractivity contribution in [3.05, 3.63) is 112 Å². The monoisotopic (exact) mass is 568 g/mol. The first kappa shape index (κ1) is 26.9. The number of halogens is 1. The van der Waals surface area contributed by atoms with Crippen LogP contribution in [0.3, 0.4) is 0 Å². The van der Waals surface area contributed by atoms with Crippen molar-refractivity contribution in [2.45, 2.75) is 44.8 Å². The van der Waals surface area contributed by atoms with Crippen LogP contribution in [-0.4, -0.2) is 37.8 Å². The minimum Gasteiger partial charge on any atom is -0.465 e. The Balaban J connectivity index is 1.20. The van der Waals surface area contributed by atoms with Gasteiger partial charge in [0.1, 0.15) is 11.8 Å². The largest absolute Gasteiger partial charge is 0.465 e. The smallest absolute Gasteiger partial charge is 0.316 e. The van der Waals surface area contributed by atoms with Crippen molar-refractivity contribution in [2.24, 2.45) is 0 Å². The summed E-state index contributed by atoms with van der Waals surface area (Å²) in [6.45, 7) is 4.51. The van der Waals surface area contributed by atoms with Crippen molar-refractivity contribution < 1.29 is 19.2 Å². The number of carbonyl (C=O) groups is 1. The van der Waals surface area contributed by atoms with Gasteiger partial charge in [-0.05, 0) is 61.1 Å². The molecule has 1 N–H and O–H groups in total. The Hall–Kier alpha value is -4.27. The Morgan fingerprint density at radius 2 is 1.66 bits per heavy atom. The van der Waals surface area contributed by atoms with Crippen LogP contribution >= 0.6 is 11.6 Å². The predicted octanol–water partition coefficient (Wildman–Crippen LogP) is 6.29. The number of nitrogens with zero attached hydrogens (tertiary/aromatic N) is 4. The first-order valence-corrected chi connectivity index (χ1v) is 13.9. The van der Waals surface area contributed by atoms with Crippen LogP contribution in [0.2, 0.25) is 5.02 Å². The predicted molar refractivity (Wildman–Crippen MR) is 154 cm³/mol. The Morgan fingerprint density at radius 3 is 2.29 bits per heavy atom. The van der Waals surface area contributed by atoms with E-state index in [0.717, 1.165) is 40.7 Å². The lowest BCUT2D eigenvalue weighted by Gasteiger charge is -2.14. The van der Waals surface area contributed by atoms with Crippen molar-refractivity contribution in [1.82, 2.24) is 20.2 Å². The molecule has 8 nitrogen and oxygen atoms in total. The van der Waals surface area contributed by atoms with E-state index in [0.29, 0.717) is 40.9 Å². The number of hydrogen-bond acceptors (Lipinski definition) is 7. The molecule has 6 rings (SSSR count). The zero-order valence-electron chi connectivity index (χ0n) is 22.8. The van der Waals surface area contributed by atoms with Gasteiger partial charge in [0, 0.05) is 10.6 Å². The number of carbonyl (C=O) groups excluding carboxylic acids is 1. The van der Waals surface area contributed by atoms with Gasteiger partial charge in [0.15, 0.2) is 5.76 Å². The zero-order valence-corrected chi connectivity index (χ0v) is 23.5. The molecule has 9 heteroatoms. The fourth-order valence-corrected chi connectivity index (χ4v) is 5.27. The number of aromatic nitrogens is 4. The minimum atomic E-state index is -1.06. The summed E-state index contributed by atoms with van der Waals surface area (Å²) in [6.07, 6.45) is 2.30. The number of rotatable bonds is 9. The van der Waals surface area contributed by atoms with Crippen molar-refractivity contribution in [3.63, 3.8) is 0 Å². The molecule has 208 valence electrons. The van der Waals surface area contributed by atoms with Crippen LogP contribution in [0.25, 0.3) is 22.5 Å². The summed E-state index contributed by atoms with van der Waals surface area (Å²) in [7, 11) is 0. The summed E-state index contributed by atoms with van der Waals surface area (Å²) in [6, 6.07) is 23.5. The van der Waals surface area contributed by atoms with E-state index in [1.807, 2.05) is 79.7 Å². The molecular weight excluding hydrogens is 540 g/mol. The quantitative estimate of drug-likeness (QED) is 0.208. The van der Waals surface area contributed by atoms with Crippen LogP contribution in [0.1, 0.15) is 53.9 Å². The maximum atomic E-state index is 12.4. The van der Waals surface area contributed by atoms with Gasteiger partial charge in [0.25, 0.3) is 0 Å². The van der Waals surface area contributed by atoms with Gasteiger partial charge < -0.3 is 14.4 Å². The molecule has 0 amide bonds. The number of esters is 1. The van der Waals surface area contributed by atoms with Gasteiger partial charge in [-0.3, -0.25) is 4.79 Å². The molecule has 1 aliphatic carbocycles. The molecule has 2 aromatic heterocycles. The van der Waals surface area contributed by atoms with Crippen LogP contribution in [0.4, 0.5) is 0 Å². The molecule has 0 radical (unpaired) electrons. The van der Waals surface area contributed by atoms with Crippen LogP contribution in [0.5, 0.6) is 0 Å². The molecule has 5 aromatic rings. The van der Waals surface area contributed by atoms with Gasteiger partial charge in [-0.15, -0.1) is 5.10 Å². The van der Waals surface area contributed by atoms with E-state index >= 15 is 0 Å². The van der Waals surface area contributed by atoms with Crippen molar-refractivity contribution >= 4 is 17.6 Å². The Morgan fingerprint density at radius 1 is 1.02 bits per heavy atom. The molecule has 1 atom stereocenters. The number of aliphatic hydroxyl groups excluding tert-OH is 1. The highest BCUT2D eigenvalue weighted by Gasteiger charge is 2.52. The first-order valence-electron chi connectivity index (χ1n) is 13.6. The van der Waals surface area contributed by atoms with Gasteiger partial charge in [-0.1, -0.05) is 82.6 Å². The molecule has 2 heterocycles. The molecule has 0 bridgehead atoms. The fourth-order valence-electron chi connectivity index (χ4n) is 5.15. The van der Waals surface area contributed by atoms with Crippen LogP contribution in [0.15, 0.2) is 83.5 Å². The molecule has 41 heavy (non-hydrogen) atoms. The normalized spacial score (nSPS) is 14.5. The fraction of sp³-hybridized carbons (Fsp3) is 0.250. The Labute approximate surface area is 242 Å². The second-order valence-corrected chi connectivity index (χ2v) is 10.8. The van der Waals surface area contributed by atoms with Crippen LogP contribution < -0.4 is 0 Å². The summed E-state index contributed by atoms with van der Waals surface area (Å²) in [5.41, 5.74) is 5.90. The molecule has 1 unspecified atom stereocenters. The standard InChI is InChI=1S/C32H29ClN4O4/c1-3-40-31(39)32(16-17-32)25-12-10-23(11-13-25)22-6-8-24(9-7-22)30-28(20(2)35-41-30)29(38)27-19-37(36-34-27)18-21-4-14-26(33)15-5-21/h4-15,19,29,38H,3,16-18H2,1-2H3. The molecule has 1 saturated carbocycles. The van der Waals surface area contributed by atoms with Gasteiger partial charge in [-0.25, -0.2) is 4.68 Å². The molecule has 0 saturated heterocycles. The van der Waals surface area contributed by atoms with Gasteiger partial charge in [0.05, 0.1) is 36.0 Å². The van der Waals surface area contributed by atoms with Crippen molar-refractivity contribution in [1.29, 1.82) is 0 Å². The summed E-state index contributed by atoms with van der Waals surface area (Å²) >= 11 is 5.98. The van der Waals surface area contributed by atoms with Gasteiger partial charge in [0.2, 0.25) is 0 Å². The Kier molecular flexibility index (Phi) is 7.19. The number of ether oxygens (including phenoxy) is 1. The van der Waals surface area contributed by atoms with E-state index < -0.39 is 11.5 Å². The maximum Gasteiger partial charge on any atom is 0.316 e. The zero-order chi connectivity index (χ0) is 28.6. The number of hydrogen-bond donors (Lipinski definition) is 1. The van der Waals surface area contributed by atoms with E-state index in [4.69, 9.17) is 20.9 Å². The van der Waals surface area contributed by atoms with Gasteiger partial charge >= 0.3 is 5.97 Å². The lowest BCUT2D eigenvalue weighted by molar-refractivity contribution is -0.146. The Bertz CT molecular complexity index is 1670. The molecule has 3 aromatic carbocycles. The molecule has 0 aliphatic heterocycles. The topological polar surface area (TPSA) is 103 Å². The summed E-state index contributed by atoms with van der Waals surface area (Å²) in [5, 5.41) is 24.4. The molecular formula is C32H29ClN4O4. The second-order valence-electron chi connectivity index (χ2n) is 10.3. The van der Waals surface area contributed by atoms with E-state index in [-0.39, 0.29) is 5.97 Å². The minimum absolute atomic E-state index is 0.137. The highest BCUT2D eigenvalue weighted by molar-refractivity contribution is 6.30. The van der Waals surface area contributed by atoms with Crippen molar-refractivity contribution in [3.8, 4) is 22.5 Å². The average molecular weight is 569 g/mol. The summed E-state index contributed by atoms with van der Waals surface area (Å²) in [5.74, 6) is 0.343. The van der Waals surface area contributed by atoms with Gasteiger partial charge in [-0.2, -0.15) is 0 Å². The second kappa shape index (κ2) is 11.0. The van der Waals surface area contributed by atoms with E-state index in [9.17, 15) is 9.90 Å². The van der Waals surface area contributed by atoms with E-state index in [2.05, 4.69) is 15.5 Å².